The molecule has 6 nitrogen and oxygen atoms in total. The van der Waals surface area contributed by atoms with Gasteiger partial charge in [0.15, 0.2) is 0 Å². The van der Waals surface area contributed by atoms with Crippen LogP contribution in [0.4, 0.5) is 0 Å². The quantitative estimate of drug-likeness (QED) is 0.746. The third-order valence-electron chi connectivity index (χ3n) is 4.80. The van der Waals surface area contributed by atoms with Gasteiger partial charge in [0.1, 0.15) is 5.76 Å². The molecule has 1 amide bonds. The maximum absolute atomic E-state index is 12.8. The highest BCUT2D eigenvalue weighted by Gasteiger charge is 2.24. The molecule has 0 atom stereocenters. The zero-order valence-electron chi connectivity index (χ0n) is 14.8. The Labute approximate surface area is 160 Å². The first-order valence-electron chi connectivity index (χ1n) is 8.63. The third-order valence-corrected chi connectivity index (χ3v) is 5.48. The van der Waals surface area contributed by atoms with Crippen LogP contribution in [0.15, 0.2) is 39.4 Å². The van der Waals surface area contributed by atoms with Gasteiger partial charge in [-0.2, -0.15) is 11.3 Å². The van der Waals surface area contributed by atoms with Crippen molar-refractivity contribution in [2.24, 2.45) is 0 Å². The van der Waals surface area contributed by atoms with E-state index in [2.05, 4.69) is 4.98 Å². The van der Waals surface area contributed by atoms with E-state index >= 15 is 0 Å². The summed E-state index contributed by atoms with van der Waals surface area (Å²) in [5.41, 5.74) is 3.80. The number of carbonyl (C=O) groups excluding carboxylic acids is 1. The molecule has 0 radical (unpaired) electrons. The summed E-state index contributed by atoms with van der Waals surface area (Å²) in [6.45, 7) is 2.85. The van der Waals surface area contributed by atoms with E-state index < -0.39 is 5.97 Å². The highest BCUT2D eigenvalue weighted by molar-refractivity contribution is 7.08. The van der Waals surface area contributed by atoms with Gasteiger partial charge in [-0.1, -0.05) is 6.07 Å². The molecule has 0 aliphatic carbocycles. The number of aryl methyl sites for hydroxylation is 1. The summed E-state index contributed by atoms with van der Waals surface area (Å²) >= 11 is 1.57. The number of fused-ring (bicyclic) bond motifs is 1. The largest absolute Gasteiger partial charge is 0.478 e. The molecule has 0 unspecified atom stereocenters. The van der Waals surface area contributed by atoms with Crippen LogP contribution >= 0.6 is 11.3 Å². The molecule has 1 aliphatic rings. The van der Waals surface area contributed by atoms with Gasteiger partial charge in [-0.15, -0.1) is 0 Å². The number of amides is 1. The number of aromatic nitrogens is 1. The normalized spacial score (nSPS) is 13.4. The molecule has 4 rings (SSSR count). The van der Waals surface area contributed by atoms with Crippen LogP contribution < -0.4 is 0 Å². The summed E-state index contributed by atoms with van der Waals surface area (Å²) in [5, 5.41) is 13.1. The zero-order valence-corrected chi connectivity index (χ0v) is 15.6. The average molecular weight is 382 g/mol. The number of benzene rings is 1. The van der Waals surface area contributed by atoms with Gasteiger partial charge in [0, 0.05) is 24.0 Å². The Morgan fingerprint density at radius 1 is 1.30 bits per heavy atom. The number of aromatic carboxylic acids is 1. The first-order chi connectivity index (χ1) is 13.0. The summed E-state index contributed by atoms with van der Waals surface area (Å²) in [5.74, 6) is 0.192. The molecule has 0 spiro atoms. The Morgan fingerprint density at radius 3 is 2.89 bits per heavy atom. The van der Waals surface area contributed by atoms with Crippen LogP contribution in [-0.2, 0) is 24.2 Å². The van der Waals surface area contributed by atoms with Gasteiger partial charge in [0.2, 0.25) is 11.8 Å². The summed E-state index contributed by atoms with van der Waals surface area (Å²) < 4.78 is 5.71. The van der Waals surface area contributed by atoms with E-state index in [4.69, 9.17) is 9.52 Å². The minimum Gasteiger partial charge on any atom is -0.478 e. The van der Waals surface area contributed by atoms with Crippen LogP contribution in [-0.4, -0.2) is 33.4 Å². The Hall–Kier alpha value is -2.93. The highest BCUT2D eigenvalue weighted by atomic mass is 32.1. The predicted molar refractivity (Wildman–Crippen MR) is 101 cm³/mol. The minimum atomic E-state index is -0.958. The molecular formula is C20H18N2O4S. The van der Waals surface area contributed by atoms with Crippen molar-refractivity contribution in [3.8, 4) is 11.5 Å². The van der Waals surface area contributed by atoms with E-state index in [1.807, 2.05) is 29.8 Å². The van der Waals surface area contributed by atoms with Crippen LogP contribution in [0.5, 0.6) is 0 Å². The van der Waals surface area contributed by atoms with Crippen molar-refractivity contribution < 1.29 is 19.1 Å². The Morgan fingerprint density at radius 2 is 2.15 bits per heavy atom. The van der Waals surface area contributed by atoms with Crippen LogP contribution in [0.2, 0.25) is 0 Å². The molecule has 138 valence electrons. The van der Waals surface area contributed by atoms with E-state index in [9.17, 15) is 9.59 Å². The fraction of sp³-hybridized carbons (Fsp3) is 0.250. The molecule has 3 heterocycles. The highest BCUT2D eigenvalue weighted by Crippen LogP contribution is 2.25. The topological polar surface area (TPSA) is 83.6 Å². The fourth-order valence-electron chi connectivity index (χ4n) is 3.26. The van der Waals surface area contributed by atoms with Gasteiger partial charge in [-0.25, -0.2) is 9.78 Å². The smallest absolute Gasteiger partial charge is 0.335 e. The predicted octanol–water partition coefficient (Wildman–Crippen LogP) is 3.54. The molecular weight excluding hydrogens is 364 g/mol. The van der Waals surface area contributed by atoms with E-state index in [0.29, 0.717) is 30.4 Å². The van der Waals surface area contributed by atoms with Crippen molar-refractivity contribution in [3.63, 3.8) is 0 Å². The molecule has 2 aromatic heterocycles. The monoisotopic (exact) mass is 382 g/mol. The van der Waals surface area contributed by atoms with E-state index in [1.54, 1.807) is 28.4 Å². The number of nitrogens with zero attached hydrogens (tertiary/aromatic N) is 2. The van der Waals surface area contributed by atoms with E-state index in [-0.39, 0.29) is 17.9 Å². The molecule has 3 aromatic rings. The Kier molecular flexibility index (Phi) is 4.53. The minimum absolute atomic E-state index is 0.0327. The molecule has 1 N–H and O–H groups in total. The Bertz CT molecular complexity index is 1010. The fourth-order valence-corrected chi connectivity index (χ4v) is 3.89. The van der Waals surface area contributed by atoms with Crippen LogP contribution in [0.1, 0.15) is 32.9 Å². The number of thiophene rings is 1. The van der Waals surface area contributed by atoms with Gasteiger partial charge in [-0.05, 0) is 48.1 Å². The molecule has 0 saturated carbocycles. The number of oxazole rings is 1. The maximum atomic E-state index is 12.8. The number of carbonyl (C=O) groups is 2. The molecule has 0 bridgehead atoms. The zero-order chi connectivity index (χ0) is 19.0. The van der Waals surface area contributed by atoms with Gasteiger partial charge >= 0.3 is 5.97 Å². The summed E-state index contributed by atoms with van der Waals surface area (Å²) in [6, 6.07) is 7.05. The summed E-state index contributed by atoms with van der Waals surface area (Å²) in [7, 11) is 0. The number of carboxylic acids is 1. The van der Waals surface area contributed by atoms with Gasteiger partial charge in [0.25, 0.3) is 0 Å². The van der Waals surface area contributed by atoms with E-state index in [0.717, 1.165) is 23.1 Å². The average Bonchev–Trinajstić information content (AvgIpc) is 3.31. The van der Waals surface area contributed by atoms with Crippen molar-refractivity contribution in [2.75, 3.05) is 6.54 Å². The number of hydrogen-bond acceptors (Lipinski definition) is 5. The third kappa shape index (κ3) is 3.50. The number of carboxylic acid groups (broad SMARTS) is 1. The maximum Gasteiger partial charge on any atom is 0.335 e. The SMILES string of the molecule is Cc1oc(-c2ccsc2)nc1CC(=O)N1CCc2ccc(C(=O)O)cc2C1. The first-order valence-corrected chi connectivity index (χ1v) is 9.57. The molecule has 0 saturated heterocycles. The van der Waals surface area contributed by atoms with E-state index in [1.165, 1.54) is 0 Å². The first kappa shape index (κ1) is 17.5. The van der Waals surface area contributed by atoms with Gasteiger partial charge < -0.3 is 14.4 Å². The van der Waals surface area contributed by atoms with Crippen LogP contribution in [0, 0.1) is 6.92 Å². The second-order valence-electron chi connectivity index (χ2n) is 6.56. The van der Waals surface area contributed by atoms with Crippen molar-refractivity contribution >= 4 is 23.2 Å². The lowest BCUT2D eigenvalue weighted by atomic mass is 9.97. The number of rotatable bonds is 4. The lowest BCUT2D eigenvalue weighted by molar-refractivity contribution is -0.131. The van der Waals surface area contributed by atoms with Crippen molar-refractivity contribution in [2.45, 2.75) is 26.3 Å². The van der Waals surface area contributed by atoms with Gasteiger partial charge in [0.05, 0.1) is 17.7 Å². The molecule has 1 aliphatic heterocycles. The lowest BCUT2D eigenvalue weighted by Gasteiger charge is -2.29. The van der Waals surface area contributed by atoms with Crippen LogP contribution in [0.25, 0.3) is 11.5 Å². The standard InChI is InChI=1S/C20H18N2O4S/c1-12-17(21-19(26-12)15-5-7-27-11-15)9-18(23)22-6-4-13-2-3-14(20(24)25)8-16(13)10-22/h2-3,5,7-8,11H,4,6,9-10H2,1H3,(H,24,25). The second kappa shape index (κ2) is 7.00. The molecule has 27 heavy (non-hydrogen) atoms. The number of hydrogen-bond donors (Lipinski definition) is 1. The molecule has 7 heteroatoms. The van der Waals surface area contributed by atoms with Crippen molar-refractivity contribution in [1.29, 1.82) is 0 Å². The molecule has 1 aromatic carbocycles. The van der Waals surface area contributed by atoms with Crippen molar-refractivity contribution in [3.05, 3.63) is 63.2 Å². The second-order valence-corrected chi connectivity index (χ2v) is 7.34. The summed E-state index contributed by atoms with van der Waals surface area (Å²) in [6.07, 6.45) is 0.895. The summed E-state index contributed by atoms with van der Waals surface area (Å²) in [4.78, 5) is 30.2. The van der Waals surface area contributed by atoms with Crippen LogP contribution in [0.3, 0.4) is 0 Å². The van der Waals surface area contributed by atoms with Crippen molar-refractivity contribution in [1.82, 2.24) is 9.88 Å². The van der Waals surface area contributed by atoms with Gasteiger partial charge in [-0.3, -0.25) is 4.79 Å². The molecule has 0 fully saturated rings. The lowest BCUT2D eigenvalue weighted by Crippen LogP contribution is -2.37. The Balaban J connectivity index is 1.50.